The summed E-state index contributed by atoms with van der Waals surface area (Å²) in [6.07, 6.45) is 4.37. The first-order chi connectivity index (χ1) is 16.6. The number of piperidine rings is 1. The number of fused-ring (bicyclic) bond motifs is 1. The molecule has 0 radical (unpaired) electrons. The molecule has 34 heavy (non-hydrogen) atoms. The topological polar surface area (TPSA) is 62.6 Å². The highest BCUT2D eigenvalue weighted by molar-refractivity contribution is 5.86. The van der Waals surface area contributed by atoms with Gasteiger partial charge in [0.15, 0.2) is 5.65 Å². The number of benzene rings is 2. The molecule has 2 aromatic heterocycles. The van der Waals surface area contributed by atoms with Crippen LogP contribution in [0.3, 0.4) is 0 Å². The number of nitrogens with zero attached hydrogens (tertiary/aromatic N) is 3. The first-order valence-electron chi connectivity index (χ1n) is 12.2. The van der Waals surface area contributed by atoms with Crippen molar-refractivity contribution in [3.8, 4) is 17.0 Å². The number of aromatic nitrogens is 3. The predicted octanol–water partition coefficient (Wildman–Crippen LogP) is 5.54. The molecule has 1 aliphatic rings. The van der Waals surface area contributed by atoms with Crippen LogP contribution < -0.4 is 15.2 Å². The summed E-state index contributed by atoms with van der Waals surface area (Å²) in [4.78, 5) is 20.0. The van der Waals surface area contributed by atoms with Crippen molar-refractivity contribution in [3.05, 3.63) is 81.8 Å². The van der Waals surface area contributed by atoms with Gasteiger partial charge in [0, 0.05) is 35.8 Å². The van der Waals surface area contributed by atoms with Gasteiger partial charge in [-0.15, -0.1) is 0 Å². The van der Waals surface area contributed by atoms with E-state index in [0.717, 1.165) is 77.5 Å². The Hall–Kier alpha value is -3.54. The van der Waals surface area contributed by atoms with Crippen LogP contribution in [0, 0.1) is 6.92 Å². The second-order valence-corrected chi connectivity index (χ2v) is 9.07. The summed E-state index contributed by atoms with van der Waals surface area (Å²) in [5, 5.41) is 4.91. The van der Waals surface area contributed by atoms with E-state index in [9.17, 15) is 4.79 Å². The van der Waals surface area contributed by atoms with Crippen molar-refractivity contribution in [2.75, 3.05) is 25.1 Å². The van der Waals surface area contributed by atoms with Crippen LogP contribution in [0.5, 0.6) is 5.75 Å². The molecule has 176 valence electrons. The number of H-pyrrole nitrogens is 1. The zero-order chi connectivity index (χ0) is 23.7. The molecule has 1 N–H and O–H groups in total. The van der Waals surface area contributed by atoms with Crippen molar-refractivity contribution in [3.63, 3.8) is 0 Å². The molecule has 0 saturated carbocycles. The van der Waals surface area contributed by atoms with Gasteiger partial charge in [0.1, 0.15) is 17.1 Å². The molecule has 1 aliphatic heterocycles. The van der Waals surface area contributed by atoms with Crippen LogP contribution in [0.25, 0.3) is 16.9 Å². The summed E-state index contributed by atoms with van der Waals surface area (Å²) in [6, 6.07) is 18.2. The van der Waals surface area contributed by atoms with Gasteiger partial charge in [-0.05, 0) is 50.3 Å². The van der Waals surface area contributed by atoms with Gasteiger partial charge in [0.05, 0.1) is 7.11 Å². The van der Waals surface area contributed by atoms with Crippen LogP contribution in [0.15, 0.2) is 59.4 Å². The maximum absolute atomic E-state index is 14.0. The maximum atomic E-state index is 14.0. The van der Waals surface area contributed by atoms with Crippen LogP contribution >= 0.6 is 0 Å². The normalized spacial score (nSPS) is 15.0. The quantitative estimate of drug-likeness (QED) is 0.414. The molecular weight excluding hydrogens is 424 g/mol. The lowest BCUT2D eigenvalue weighted by Crippen LogP contribution is -2.30. The molecule has 1 fully saturated rings. The number of aryl methyl sites for hydroxylation is 1. The lowest BCUT2D eigenvalue weighted by Gasteiger charge is -2.28. The number of hydrogen-bond donors (Lipinski definition) is 1. The fraction of sp³-hybridized carbons (Fsp3) is 0.357. The molecule has 6 nitrogen and oxygen atoms in total. The van der Waals surface area contributed by atoms with E-state index in [1.807, 2.05) is 49.4 Å². The van der Waals surface area contributed by atoms with Gasteiger partial charge >= 0.3 is 0 Å². The summed E-state index contributed by atoms with van der Waals surface area (Å²) in [6.45, 7) is 6.09. The number of aromatic amines is 1. The van der Waals surface area contributed by atoms with Crippen LogP contribution in [-0.4, -0.2) is 34.8 Å². The second kappa shape index (κ2) is 9.37. The van der Waals surface area contributed by atoms with Crippen molar-refractivity contribution in [1.82, 2.24) is 14.6 Å². The summed E-state index contributed by atoms with van der Waals surface area (Å²) in [5.41, 5.74) is 6.44. The Morgan fingerprint density at radius 1 is 1.03 bits per heavy atom. The van der Waals surface area contributed by atoms with E-state index in [0.29, 0.717) is 0 Å². The third-order valence-corrected chi connectivity index (χ3v) is 6.99. The van der Waals surface area contributed by atoms with Gasteiger partial charge in [0.25, 0.3) is 5.56 Å². The largest absolute Gasteiger partial charge is 0.497 e. The third-order valence-electron chi connectivity index (χ3n) is 6.99. The zero-order valence-corrected chi connectivity index (χ0v) is 20.2. The molecule has 3 heterocycles. The fourth-order valence-corrected chi connectivity index (χ4v) is 5.25. The van der Waals surface area contributed by atoms with Gasteiger partial charge in [-0.2, -0.15) is 9.61 Å². The summed E-state index contributed by atoms with van der Waals surface area (Å²) in [7, 11) is 1.66. The standard InChI is InChI=1S/C28H32N4O2/c1-4-23(20-13-15-22(34-3)16-14-20)24-19(2)29-27-26(31-17-9-6-10-18-31)25(30-32(27)28(24)33)21-11-7-5-8-12-21/h5,7-8,11-16,23,29H,4,6,9-10,17-18H2,1-3H3/t23-/m1/s1. The van der Waals surface area contributed by atoms with Crippen molar-refractivity contribution in [1.29, 1.82) is 0 Å². The highest BCUT2D eigenvalue weighted by Gasteiger charge is 2.27. The molecular formula is C28H32N4O2. The van der Waals surface area contributed by atoms with Crippen molar-refractivity contribution in [2.24, 2.45) is 0 Å². The third kappa shape index (κ3) is 3.87. The van der Waals surface area contributed by atoms with E-state index < -0.39 is 0 Å². The Bertz CT molecular complexity index is 1330. The number of methoxy groups -OCH3 is 1. The van der Waals surface area contributed by atoms with Crippen LogP contribution in [-0.2, 0) is 0 Å². The molecule has 0 spiro atoms. The summed E-state index contributed by atoms with van der Waals surface area (Å²) in [5.74, 6) is 0.785. The van der Waals surface area contributed by atoms with Crippen molar-refractivity contribution in [2.45, 2.75) is 45.4 Å². The molecule has 1 saturated heterocycles. The minimum Gasteiger partial charge on any atom is -0.497 e. The van der Waals surface area contributed by atoms with E-state index in [1.165, 1.54) is 6.42 Å². The Morgan fingerprint density at radius 3 is 2.38 bits per heavy atom. The Balaban J connectivity index is 1.71. The highest BCUT2D eigenvalue weighted by atomic mass is 16.5. The van der Waals surface area contributed by atoms with Gasteiger partial charge in [0.2, 0.25) is 0 Å². The number of anilines is 1. The summed E-state index contributed by atoms with van der Waals surface area (Å²) < 4.78 is 6.92. The van der Waals surface area contributed by atoms with Gasteiger partial charge in [-0.1, -0.05) is 49.4 Å². The maximum Gasteiger partial charge on any atom is 0.278 e. The Kier molecular flexibility index (Phi) is 6.14. The van der Waals surface area contributed by atoms with Crippen LogP contribution in [0.2, 0.25) is 0 Å². The number of ether oxygens (including phenoxy) is 1. The highest BCUT2D eigenvalue weighted by Crippen LogP contribution is 2.36. The lowest BCUT2D eigenvalue weighted by atomic mass is 9.89. The van der Waals surface area contributed by atoms with Crippen molar-refractivity contribution < 1.29 is 4.74 Å². The molecule has 0 bridgehead atoms. The van der Waals surface area contributed by atoms with Gasteiger partial charge in [-0.25, -0.2) is 0 Å². The van der Waals surface area contributed by atoms with E-state index in [2.05, 4.69) is 28.9 Å². The summed E-state index contributed by atoms with van der Waals surface area (Å²) >= 11 is 0. The molecule has 0 aliphatic carbocycles. The average molecular weight is 457 g/mol. The molecule has 5 rings (SSSR count). The van der Waals surface area contributed by atoms with E-state index >= 15 is 0 Å². The molecule has 1 atom stereocenters. The Labute approximate surface area is 200 Å². The van der Waals surface area contributed by atoms with Crippen molar-refractivity contribution >= 4 is 11.3 Å². The SMILES string of the molecule is CC[C@H](c1ccc(OC)cc1)c1c(C)[nH]c2c(N3CCCCC3)c(-c3ccccc3)nn2c1=O. The lowest BCUT2D eigenvalue weighted by molar-refractivity contribution is 0.414. The number of nitrogens with one attached hydrogen (secondary N) is 1. The Morgan fingerprint density at radius 2 is 1.74 bits per heavy atom. The van der Waals surface area contributed by atoms with Gasteiger partial charge in [-0.3, -0.25) is 4.79 Å². The van der Waals surface area contributed by atoms with E-state index in [1.54, 1.807) is 11.6 Å². The number of hydrogen-bond acceptors (Lipinski definition) is 4. The first kappa shape index (κ1) is 22.3. The smallest absolute Gasteiger partial charge is 0.278 e. The fourth-order valence-electron chi connectivity index (χ4n) is 5.25. The molecule has 4 aromatic rings. The molecule has 2 aromatic carbocycles. The second-order valence-electron chi connectivity index (χ2n) is 9.07. The van der Waals surface area contributed by atoms with E-state index in [4.69, 9.17) is 9.84 Å². The van der Waals surface area contributed by atoms with Gasteiger partial charge < -0.3 is 14.6 Å². The molecule has 6 heteroatoms. The molecule has 0 amide bonds. The van der Waals surface area contributed by atoms with E-state index in [-0.39, 0.29) is 11.5 Å². The van der Waals surface area contributed by atoms with Crippen LogP contribution in [0.1, 0.15) is 55.3 Å². The minimum absolute atomic E-state index is 0.0260. The molecule has 0 unspecified atom stereocenters. The average Bonchev–Trinajstić information content (AvgIpc) is 3.27. The monoisotopic (exact) mass is 456 g/mol. The van der Waals surface area contributed by atoms with Crippen LogP contribution in [0.4, 0.5) is 5.69 Å². The predicted molar refractivity (Wildman–Crippen MR) is 137 cm³/mol. The minimum atomic E-state index is -0.0469. The zero-order valence-electron chi connectivity index (χ0n) is 20.2. The number of rotatable bonds is 6. The first-order valence-corrected chi connectivity index (χ1v) is 12.2.